The lowest BCUT2D eigenvalue weighted by Crippen LogP contribution is -2.16. The molecule has 29 heavy (non-hydrogen) atoms. The van der Waals surface area contributed by atoms with Crippen molar-refractivity contribution in [2.75, 3.05) is 7.11 Å². The Morgan fingerprint density at radius 1 is 0.931 bits per heavy atom. The zero-order chi connectivity index (χ0) is 20.2. The van der Waals surface area contributed by atoms with Gasteiger partial charge >= 0.3 is 11.6 Å². The maximum absolute atomic E-state index is 12.8. The molecular weight excluding hydrogens is 368 g/mol. The SMILES string of the molecule is COc1cccc(C(=O)Oc2c(Cc3ccccc3)c(=O)oc3ccccc23)c1. The van der Waals surface area contributed by atoms with E-state index >= 15 is 0 Å². The van der Waals surface area contributed by atoms with Crippen LogP contribution in [0.2, 0.25) is 0 Å². The average Bonchev–Trinajstić information content (AvgIpc) is 2.76. The first-order valence-electron chi connectivity index (χ1n) is 9.10. The lowest BCUT2D eigenvalue weighted by molar-refractivity contribution is 0.0734. The molecule has 0 spiro atoms. The van der Waals surface area contributed by atoms with Crippen LogP contribution in [0.15, 0.2) is 88.1 Å². The molecule has 1 heterocycles. The fourth-order valence-electron chi connectivity index (χ4n) is 3.13. The van der Waals surface area contributed by atoms with Crippen LogP contribution in [0, 0.1) is 0 Å². The summed E-state index contributed by atoms with van der Waals surface area (Å²) in [7, 11) is 1.53. The van der Waals surface area contributed by atoms with Gasteiger partial charge in [-0.25, -0.2) is 9.59 Å². The predicted octanol–water partition coefficient (Wildman–Crippen LogP) is 4.61. The van der Waals surface area contributed by atoms with Crippen LogP contribution in [0.5, 0.6) is 11.5 Å². The first-order valence-corrected chi connectivity index (χ1v) is 9.10. The van der Waals surface area contributed by atoms with Gasteiger partial charge in [0, 0.05) is 6.42 Å². The van der Waals surface area contributed by atoms with Gasteiger partial charge in [-0.05, 0) is 35.9 Å². The molecule has 144 valence electrons. The molecule has 0 fully saturated rings. The van der Waals surface area contributed by atoms with Gasteiger partial charge in [-0.2, -0.15) is 0 Å². The van der Waals surface area contributed by atoms with E-state index in [0.717, 1.165) is 5.56 Å². The molecule has 0 aliphatic rings. The summed E-state index contributed by atoms with van der Waals surface area (Å²) in [6, 6.07) is 23.2. The van der Waals surface area contributed by atoms with Crippen LogP contribution in [0.1, 0.15) is 21.5 Å². The predicted molar refractivity (Wildman–Crippen MR) is 110 cm³/mol. The van der Waals surface area contributed by atoms with Crippen molar-refractivity contribution in [1.82, 2.24) is 0 Å². The lowest BCUT2D eigenvalue weighted by Gasteiger charge is -2.12. The van der Waals surface area contributed by atoms with Crippen molar-refractivity contribution < 1.29 is 18.7 Å². The van der Waals surface area contributed by atoms with E-state index in [9.17, 15) is 9.59 Å². The van der Waals surface area contributed by atoms with Gasteiger partial charge in [0.2, 0.25) is 0 Å². The van der Waals surface area contributed by atoms with Gasteiger partial charge < -0.3 is 13.9 Å². The second-order valence-electron chi connectivity index (χ2n) is 6.48. The smallest absolute Gasteiger partial charge is 0.343 e. The quantitative estimate of drug-likeness (QED) is 0.370. The third-order valence-corrected chi connectivity index (χ3v) is 4.58. The van der Waals surface area contributed by atoms with Crippen LogP contribution in [0.4, 0.5) is 0 Å². The molecule has 0 amide bonds. The highest BCUT2D eigenvalue weighted by Gasteiger charge is 2.20. The molecule has 3 aromatic carbocycles. The van der Waals surface area contributed by atoms with E-state index in [0.29, 0.717) is 27.8 Å². The van der Waals surface area contributed by atoms with Gasteiger partial charge in [0.15, 0.2) is 5.75 Å². The Bertz CT molecular complexity index is 1220. The molecule has 0 aliphatic heterocycles. The van der Waals surface area contributed by atoms with Gasteiger partial charge in [-0.15, -0.1) is 0 Å². The molecule has 0 bridgehead atoms. The first-order chi connectivity index (χ1) is 14.2. The Kier molecular flexibility index (Phi) is 5.12. The van der Waals surface area contributed by atoms with Crippen molar-refractivity contribution in [2.45, 2.75) is 6.42 Å². The summed E-state index contributed by atoms with van der Waals surface area (Å²) in [5, 5.41) is 0.564. The minimum Gasteiger partial charge on any atom is -0.497 e. The lowest BCUT2D eigenvalue weighted by atomic mass is 10.0. The fourth-order valence-corrected chi connectivity index (χ4v) is 3.13. The largest absolute Gasteiger partial charge is 0.497 e. The number of carbonyl (C=O) groups excluding carboxylic acids is 1. The molecule has 5 heteroatoms. The minimum atomic E-state index is -0.575. The standard InChI is InChI=1S/C24H18O5/c1-27-18-11-7-10-17(15-18)23(25)29-22-19-12-5-6-13-21(19)28-24(26)20(22)14-16-8-3-2-4-9-16/h2-13,15H,14H2,1H3. The number of ether oxygens (including phenoxy) is 2. The van der Waals surface area contributed by atoms with Crippen LogP contribution in [0.25, 0.3) is 11.0 Å². The van der Waals surface area contributed by atoms with Gasteiger partial charge in [-0.1, -0.05) is 48.5 Å². The molecule has 1 aromatic heterocycles. The van der Waals surface area contributed by atoms with Crippen LogP contribution in [-0.2, 0) is 6.42 Å². The molecule has 0 unspecified atom stereocenters. The monoisotopic (exact) mass is 386 g/mol. The summed E-state index contributed by atoms with van der Waals surface area (Å²) in [6.07, 6.45) is 0.286. The number of methoxy groups -OCH3 is 1. The third-order valence-electron chi connectivity index (χ3n) is 4.58. The molecule has 0 N–H and O–H groups in total. The maximum Gasteiger partial charge on any atom is 0.343 e. The van der Waals surface area contributed by atoms with Gasteiger partial charge in [0.1, 0.15) is 11.3 Å². The Balaban J connectivity index is 1.81. The minimum absolute atomic E-state index is 0.216. The van der Waals surface area contributed by atoms with Gasteiger partial charge in [0.05, 0.1) is 23.6 Å². The number of rotatable bonds is 5. The molecular formula is C24H18O5. The zero-order valence-electron chi connectivity index (χ0n) is 15.8. The Labute approximate surface area is 167 Å². The van der Waals surface area contributed by atoms with E-state index in [1.807, 2.05) is 30.3 Å². The number of esters is 1. The van der Waals surface area contributed by atoms with E-state index in [2.05, 4.69) is 0 Å². The van der Waals surface area contributed by atoms with Crippen LogP contribution in [-0.4, -0.2) is 13.1 Å². The Hall–Kier alpha value is -3.86. The second-order valence-corrected chi connectivity index (χ2v) is 6.48. The number of fused-ring (bicyclic) bond motifs is 1. The first kappa shape index (κ1) is 18.5. The Morgan fingerprint density at radius 3 is 2.48 bits per heavy atom. The number of carbonyl (C=O) groups is 1. The van der Waals surface area contributed by atoms with Crippen molar-refractivity contribution in [3.8, 4) is 11.5 Å². The van der Waals surface area contributed by atoms with Crippen molar-refractivity contribution in [2.24, 2.45) is 0 Å². The van der Waals surface area contributed by atoms with Crippen molar-refractivity contribution in [1.29, 1.82) is 0 Å². The number of hydrogen-bond acceptors (Lipinski definition) is 5. The summed E-state index contributed by atoms with van der Waals surface area (Å²) < 4.78 is 16.4. The summed E-state index contributed by atoms with van der Waals surface area (Å²) in [5.41, 5.74) is 1.37. The molecule has 4 aromatic rings. The molecule has 0 saturated heterocycles. The van der Waals surface area contributed by atoms with Crippen molar-refractivity contribution in [3.63, 3.8) is 0 Å². The summed E-state index contributed by atoms with van der Waals surface area (Å²) in [5.74, 6) is 0.184. The zero-order valence-corrected chi connectivity index (χ0v) is 15.8. The highest BCUT2D eigenvalue weighted by atomic mass is 16.5. The van der Waals surface area contributed by atoms with Crippen LogP contribution >= 0.6 is 0 Å². The summed E-state index contributed by atoms with van der Waals surface area (Å²) in [6.45, 7) is 0. The van der Waals surface area contributed by atoms with Crippen LogP contribution < -0.4 is 15.1 Å². The summed E-state index contributed by atoms with van der Waals surface area (Å²) >= 11 is 0. The van der Waals surface area contributed by atoms with E-state index in [1.54, 1.807) is 48.5 Å². The number of benzene rings is 3. The molecule has 0 atom stereocenters. The van der Waals surface area contributed by atoms with E-state index in [-0.39, 0.29) is 12.2 Å². The third kappa shape index (κ3) is 3.89. The molecule has 5 nitrogen and oxygen atoms in total. The highest BCUT2D eigenvalue weighted by Crippen LogP contribution is 2.30. The molecule has 0 saturated carbocycles. The van der Waals surface area contributed by atoms with Gasteiger partial charge in [0.25, 0.3) is 0 Å². The fraction of sp³-hybridized carbons (Fsp3) is 0.0833. The number of hydrogen-bond donors (Lipinski definition) is 0. The normalized spacial score (nSPS) is 10.7. The van der Waals surface area contributed by atoms with E-state index < -0.39 is 11.6 Å². The molecule has 4 rings (SSSR count). The van der Waals surface area contributed by atoms with E-state index in [1.165, 1.54) is 7.11 Å². The van der Waals surface area contributed by atoms with Crippen LogP contribution in [0.3, 0.4) is 0 Å². The number of para-hydroxylation sites is 1. The molecule has 0 aliphatic carbocycles. The summed E-state index contributed by atoms with van der Waals surface area (Å²) in [4.78, 5) is 25.5. The van der Waals surface area contributed by atoms with Crippen molar-refractivity contribution in [3.05, 3.63) is 106 Å². The van der Waals surface area contributed by atoms with Crippen molar-refractivity contribution >= 4 is 16.9 Å². The maximum atomic E-state index is 12.8. The Morgan fingerprint density at radius 2 is 1.69 bits per heavy atom. The highest BCUT2D eigenvalue weighted by molar-refractivity contribution is 5.95. The van der Waals surface area contributed by atoms with E-state index in [4.69, 9.17) is 13.9 Å². The topological polar surface area (TPSA) is 65.7 Å². The van der Waals surface area contributed by atoms with Gasteiger partial charge in [-0.3, -0.25) is 0 Å². The second kappa shape index (κ2) is 8.02. The average molecular weight is 386 g/mol. The molecule has 0 radical (unpaired) electrons.